The van der Waals surface area contributed by atoms with Gasteiger partial charge in [-0.1, -0.05) is 80.9 Å². The Labute approximate surface area is 229 Å². The minimum absolute atomic E-state index is 0.146. The molecule has 0 saturated heterocycles. The van der Waals surface area contributed by atoms with Gasteiger partial charge in [0.15, 0.2) is 6.61 Å². The second-order valence-corrected chi connectivity index (χ2v) is 10.1. The third-order valence-corrected chi connectivity index (χ3v) is 7.08. The summed E-state index contributed by atoms with van der Waals surface area (Å²) in [5, 5.41) is 3.05. The van der Waals surface area contributed by atoms with Crippen LogP contribution >= 0.6 is 15.9 Å². The number of unbranched alkanes of at least 4 members (excludes halogenated alkanes) is 1. The topological polar surface area (TPSA) is 58.6 Å². The molecule has 1 N–H and O–H groups in total. The lowest BCUT2D eigenvalue weighted by Gasteiger charge is -2.32. The predicted molar refractivity (Wildman–Crippen MR) is 153 cm³/mol. The van der Waals surface area contributed by atoms with Crippen molar-refractivity contribution >= 4 is 27.7 Å². The molecule has 0 aromatic heterocycles. The van der Waals surface area contributed by atoms with Crippen LogP contribution in [0.25, 0.3) is 0 Å². The minimum atomic E-state index is -0.666. The number of nitrogens with zero attached hydrogens (tertiary/aromatic N) is 1. The van der Waals surface area contributed by atoms with Crippen molar-refractivity contribution < 1.29 is 14.3 Å². The first-order chi connectivity index (χ1) is 17.9. The maximum Gasteiger partial charge on any atom is 0.261 e. The highest BCUT2D eigenvalue weighted by atomic mass is 79.9. The first-order valence-electron chi connectivity index (χ1n) is 13.0. The Morgan fingerprint density at radius 2 is 1.70 bits per heavy atom. The van der Waals surface area contributed by atoms with Gasteiger partial charge in [-0.25, -0.2) is 0 Å². The summed E-state index contributed by atoms with van der Waals surface area (Å²) >= 11 is 3.56. The summed E-state index contributed by atoms with van der Waals surface area (Å²) in [6.07, 6.45) is 3.21. The molecule has 0 aliphatic rings. The Morgan fingerprint density at radius 1 is 0.973 bits per heavy atom. The second kappa shape index (κ2) is 14.6. The number of hydrogen-bond donors (Lipinski definition) is 1. The van der Waals surface area contributed by atoms with E-state index in [0.29, 0.717) is 25.3 Å². The third kappa shape index (κ3) is 8.46. The monoisotopic (exact) mass is 564 g/mol. The molecule has 0 bridgehead atoms. The normalized spacial score (nSPS) is 11.6. The van der Waals surface area contributed by atoms with Gasteiger partial charge in [0.25, 0.3) is 5.91 Å². The molecule has 0 fully saturated rings. The molecule has 3 aromatic rings. The van der Waals surface area contributed by atoms with Crippen LogP contribution < -0.4 is 10.1 Å². The predicted octanol–water partition coefficient (Wildman–Crippen LogP) is 6.26. The lowest BCUT2D eigenvalue weighted by molar-refractivity contribution is -0.142. The molecule has 1 unspecified atom stereocenters. The van der Waals surface area contributed by atoms with Crippen molar-refractivity contribution in [3.8, 4) is 5.75 Å². The van der Waals surface area contributed by atoms with Crippen molar-refractivity contribution in [1.82, 2.24) is 10.2 Å². The molecule has 1 atom stereocenters. The van der Waals surface area contributed by atoms with E-state index in [-0.39, 0.29) is 18.4 Å². The summed E-state index contributed by atoms with van der Waals surface area (Å²) in [5.74, 6) is 0.224. The quantitative estimate of drug-likeness (QED) is 0.249. The van der Waals surface area contributed by atoms with Gasteiger partial charge in [0.2, 0.25) is 5.91 Å². The lowest BCUT2D eigenvalue weighted by Crippen LogP contribution is -2.52. The van der Waals surface area contributed by atoms with E-state index in [1.54, 1.807) is 4.90 Å². The molecule has 3 rings (SSSR count). The van der Waals surface area contributed by atoms with Gasteiger partial charge in [-0.15, -0.1) is 0 Å². The van der Waals surface area contributed by atoms with Crippen LogP contribution in [0.1, 0.15) is 48.9 Å². The van der Waals surface area contributed by atoms with Crippen molar-refractivity contribution in [2.75, 3.05) is 13.2 Å². The highest BCUT2D eigenvalue weighted by molar-refractivity contribution is 9.10. The lowest BCUT2D eigenvalue weighted by atomic mass is 10.0. The summed E-state index contributed by atoms with van der Waals surface area (Å²) in [5.41, 5.74) is 4.26. The van der Waals surface area contributed by atoms with Crippen molar-refractivity contribution in [2.45, 2.75) is 59.0 Å². The average molecular weight is 566 g/mol. The molecule has 0 spiro atoms. The van der Waals surface area contributed by atoms with E-state index in [0.717, 1.165) is 40.4 Å². The van der Waals surface area contributed by atoms with E-state index in [2.05, 4.69) is 35.1 Å². The molecule has 0 saturated carbocycles. The number of nitrogens with one attached hydrogen (secondary N) is 1. The Kier molecular flexibility index (Phi) is 11.2. The first-order valence-corrected chi connectivity index (χ1v) is 13.8. The highest BCUT2D eigenvalue weighted by Gasteiger charge is 2.31. The molecule has 2 amide bonds. The van der Waals surface area contributed by atoms with Gasteiger partial charge in [0, 0.05) is 19.5 Å². The summed E-state index contributed by atoms with van der Waals surface area (Å²) in [6, 6.07) is 23.0. The summed E-state index contributed by atoms with van der Waals surface area (Å²) in [6.45, 7) is 6.94. The van der Waals surface area contributed by atoms with Crippen LogP contribution in [0.2, 0.25) is 0 Å². The fraction of sp³-hybridized carbons (Fsp3) is 0.355. The Hall–Kier alpha value is -3.12. The van der Waals surface area contributed by atoms with E-state index in [1.165, 1.54) is 5.56 Å². The van der Waals surface area contributed by atoms with Crippen LogP contribution in [-0.2, 0) is 29.0 Å². The third-order valence-electron chi connectivity index (χ3n) is 6.46. The average Bonchev–Trinajstić information content (AvgIpc) is 2.91. The molecule has 0 aliphatic carbocycles. The summed E-state index contributed by atoms with van der Waals surface area (Å²) < 4.78 is 6.76. The standard InChI is InChI=1S/C31H37BrN2O3/c1-4-6-18-33-31(36)28(20-25-13-8-7-9-14-25)34(21-26-15-11-10-12-23(26)3)30(35)22-37-29-17-16-24(5-2)19-27(29)32/h7-17,19,28H,4-6,18,20-22H2,1-3H3,(H,33,36). The van der Waals surface area contributed by atoms with Gasteiger partial charge in [0.05, 0.1) is 4.47 Å². The van der Waals surface area contributed by atoms with Crippen LogP contribution in [0, 0.1) is 6.92 Å². The van der Waals surface area contributed by atoms with Gasteiger partial charge < -0.3 is 15.0 Å². The molecule has 3 aromatic carbocycles. The molecule has 6 heteroatoms. The number of carbonyl (C=O) groups excluding carboxylic acids is 2. The zero-order valence-corrected chi connectivity index (χ0v) is 23.6. The van der Waals surface area contributed by atoms with Crippen molar-refractivity contribution in [3.05, 3.63) is 99.5 Å². The van der Waals surface area contributed by atoms with Gasteiger partial charge in [-0.2, -0.15) is 0 Å². The fourth-order valence-electron chi connectivity index (χ4n) is 4.13. The summed E-state index contributed by atoms with van der Waals surface area (Å²) in [4.78, 5) is 28.9. The van der Waals surface area contributed by atoms with E-state index in [9.17, 15) is 9.59 Å². The van der Waals surface area contributed by atoms with Crippen LogP contribution in [0.5, 0.6) is 5.75 Å². The van der Waals surface area contributed by atoms with Crippen LogP contribution in [0.15, 0.2) is 77.3 Å². The van der Waals surface area contributed by atoms with E-state index in [4.69, 9.17) is 4.74 Å². The van der Waals surface area contributed by atoms with Crippen LogP contribution in [-0.4, -0.2) is 35.9 Å². The van der Waals surface area contributed by atoms with Crippen molar-refractivity contribution in [2.24, 2.45) is 0 Å². The number of benzene rings is 3. The Bertz CT molecular complexity index is 1170. The molecule has 0 heterocycles. The molecular weight excluding hydrogens is 528 g/mol. The van der Waals surface area contributed by atoms with Crippen molar-refractivity contribution in [1.29, 1.82) is 0 Å². The Balaban J connectivity index is 1.90. The fourth-order valence-corrected chi connectivity index (χ4v) is 4.68. The zero-order chi connectivity index (χ0) is 26.6. The number of hydrogen-bond acceptors (Lipinski definition) is 3. The van der Waals surface area contributed by atoms with Gasteiger partial charge in [-0.3, -0.25) is 9.59 Å². The molecule has 5 nitrogen and oxygen atoms in total. The van der Waals surface area contributed by atoms with Crippen LogP contribution in [0.4, 0.5) is 0 Å². The molecule has 0 radical (unpaired) electrons. The van der Waals surface area contributed by atoms with Crippen LogP contribution in [0.3, 0.4) is 0 Å². The molecule has 196 valence electrons. The highest BCUT2D eigenvalue weighted by Crippen LogP contribution is 2.26. The second-order valence-electron chi connectivity index (χ2n) is 9.21. The largest absolute Gasteiger partial charge is 0.483 e. The Morgan fingerprint density at radius 3 is 2.38 bits per heavy atom. The number of rotatable bonds is 13. The molecule has 37 heavy (non-hydrogen) atoms. The number of ether oxygens (including phenoxy) is 1. The SMILES string of the molecule is CCCCNC(=O)C(Cc1ccccc1)N(Cc1ccccc1C)C(=O)COc1ccc(CC)cc1Br. The van der Waals surface area contributed by atoms with Gasteiger partial charge >= 0.3 is 0 Å². The first kappa shape index (κ1) is 28.5. The minimum Gasteiger partial charge on any atom is -0.483 e. The van der Waals surface area contributed by atoms with Crippen molar-refractivity contribution in [3.63, 3.8) is 0 Å². The van der Waals surface area contributed by atoms with E-state index < -0.39 is 6.04 Å². The molecule has 0 aliphatic heterocycles. The number of amides is 2. The maximum atomic E-state index is 13.7. The van der Waals surface area contributed by atoms with E-state index in [1.807, 2.05) is 79.7 Å². The summed E-state index contributed by atoms with van der Waals surface area (Å²) in [7, 11) is 0. The smallest absolute Gasteiger partial charge is 0.261 e. The maximum absolute atomic E-state index is 13.7. The number of halogens is 1. The van der Waals surface area contributed by atoms with Gasteiger partial charge in [0.1, 0.15) is 11.8 Å². The number of carbonyl (C=O) groups is 2. The molecular formula is C31H37BrN2O3. The van der Waals surface area contributed by atoms with E-state index >= 15 is 0 Å². The van der Waals surface area contributed by atoms with Gasteiger partial charge in [-0.05, 0) is 70.1 Å². The number of aryl methyl sites for hydroxylation is 2. The zero-order valence-electron chi connectivity index (χ0n) is 22.0.